The van der Waals surface area contributed by atoms with E-state index in [1.807, 2.05) is 6.33 Å². The molecule has 0 aliphatic carbocycles. The fourth-order valence-corrected chi connectivity index (χ4v) is 2.46. The zero-order valence-corrected chi connectivity index (χ0v) is 12.5. The molecule has 0 bridgehead atoms. The summed E-state index contributed by atoms with van der Waals surface area (Å²) in [6.45, 7) is 10.9. The highest BCUT2D eigenvalue weighted by Gasteiger charge is 2.12. The Labute approximate surface area is 116 Å². The van der Waals surface area contributed by atoms with Crippen molar-refractivity contribution in [2.45, 2.75) is 46.6 Å². The lowest BCUT2D eigenvalue weighted by molar-refractivity contribution is 0.456. The Bertz CT molecular complexity index is 542. The Morgan fingerprint density at radius 1 is 1.21 bits per heavy atom. The molecule has 19 heavy (non-hydrogen) atoms. The molecule has 104 valence electrons. The van der Waals surface area contributed by atoms with Crippen LogP contribution in [-0.2, 0) is 0 Å². The number of aromatic nitrogens is 2. The van der Waals surface area contributed by atoms with E-state index < -0.39 is 0 Å². The summed E-state index contributed by atoms with van der Waals surface area (Å²) in [5.74, 6) is 0. The van der Waals surface area contributed by atoms with Crippen LogP contribution in [0.25, 0.3) is 11.0 Å². The molecule has 0 saturated carbocycles. The van der Waals surface area contributed by atoms with Crippen molar-refractivity contribution < 1.29 is 0 Å². The molecule has 2 rings (SSSR count). The largest absolute Gasteiger partial charge is 0.326 e. The fraction of sp³-hybridized carbons (Fsp3) is 0.562. The number of aryl methyl sites for hydroxylation is 2. The molecule has 0 amide bonds. The molecule has 2 aromatic rings. The van der Waals surface area contributed by atoms with Gasteiger partial charge in [-0.25, -0.2) is 4.98 Å². The quantitative estimate of drug-likeness (QED) is 0.803. The summed E-state index contributed by atoms with van der Waals surface area (Å²) in [5, 5.41) is 3.52. The number of fused-ring (bicyclic) bond motifs is 1. The summed E-state index contributed by atoms with van der Waals surface area (Å²) < 4.78 is 2.32. The lowest BCUT2D eigenvalue weighted by Crippen LogP contribution is -2.25. The minimum atomic E-state index is 0.485. The molecule has 0 saturated heterocycles. The highest BCUT2D eigenvalue weighted by molar-refractivity contribution is 5.77. The van der Waals surface area contributed by atoms with Gasteiger partial charge < -0.3 is 9.88 Å². The van der Waals surface area contributed by atoms with Crippen LogP contribution in [0.4, 0.5) is 0 Å². The van der Waals surface area contributed by atoms with Crippen molar-refractivity contribution in [1.82, 2.24) is 14.9 Å². The number of rotatable bonds is 6. The van der Waals surface area contributed by atoms with Gasteiger partial charge in [-0.3, -0.25) is 0 Å². The Morgan fingerprint density at radius 2 is 1.95 bits per heavy atom. The molecule has 3 nitrogen and oxygen atoms in total. The first-order valence-electron chi connectivity index (χ1n) is 7.31. The average molecular weight is 259 g/mol. The third kappa shape index (κ3) is 2.98. The van der Waals surface area contributed by atoms with Crippen LogP contribution in [0.3, 0.4) is 0 Å². The van der Waals surface area contributed by atoms with E-state index in [1.54, 1.807) is 0 Å². The van der Waals surface area contributed by atoms with E-state index >= 15 is 0 Å². The van der Waals surface area contributed by atoms with Gasteiger partial charge in [0.15, 0.2) is 0 Å². The lowest BCUT2D eigenvalue weighted by Gasteiger charge is -2.18. The van der Waals surface area contributed by atoms with Gasteiger partial charge in [0.25, 0.3) is 0 Å². The van der Waals surface area contributed by atoms with Crippen molar-refractivity contribution >= 4 is 11.0 Å². The average Bonchev–Trinajstić information content (AvgIpc) is 2.78. The third-order valence-electron chi connectivity index (χ3n) is 3.86. The summed E-state index contributed by atoms with van der Waals surface area (Å²) in [6, 6.07) is 4.94. The van der Waals surface area contributed by atoms with E-state index in [4.69, 9.17) is 0 Å². The number of nitrogens with one attached hydrogen (secondary N) is 1. The second-order valence-corrected chi connectivity index (χ2v) is 5.34. The zero-order valence-electron chi connectivity index (χ0n) is 12.5. The Balaban J connectivity index is 2.29. The van der Waals surface area contributed by atoms with Crippen molar-refractivity contribution in [3.8, 4) is 0 Å². The van der Waals surface area contributed by atoms with Crippen LogP contribution < -0.4 is 5.32 Å². The lowest BCUT2D eigenvalue weighted by atomic mass is 10.1. The first-order chi connectivity index (χ1) is 9.17. The van der Waals surface area contributed by atoms with Crippen molar-refractivity contribution in [3.05, 3.63) is 29.6 Å². The molecule has 0 aliphatic rings. The Hall–Kier alpha value is -1.35. The van der Waals surface area contributed by atoms with E-state index in [0.29, 0.717) is 6.04 Å². The summed E-state index contributed by atoms with van der Waals surface area (Å²) in [4.78, 5) is 4.55. The zero-order chi connectivity index (χ0) is 13.8. The highest BCUT2D eigenvalue weighted by Crippen LogP contribution is 2.22. The molecule has 1 unspecified atom stereocenters. The van der Waals surface area contributed by atoms with Crippen LogP contribution in [0.5, 0.6) is 0 Å². The Morgan fingerprint density at radius 3 is 2.63 bits per heavy atom. The van der Waals surface area contributed by atoms with Crippen molar-refractivity contribution in [2.24, 2.45) is 0 Å². The number of hydrogen-bond acceptors (Lipinski definition) is 2. The monoisotopic (exact) mass is 259 g/mol. The van der Waals surface area contributed by atoms with Gasteiger partial charge in [-0.05, 0) is 56.5 Å². The minimum Gasteiger partial charge on any atom is -0.326 e. The van der Waals surface area contributed by atoms with Crippen molar-refractivity contribution in [3.63, 3.8) is 0 Å². The van der Waals surface area contributed by atoms with Gasteiger partial charge in [0.2, 0.25) is 0 Å². The van der Waals surface area contributed by atoms with Gasteiger partial charge >= 0.3 is 0 Å². The van der Waals surface area contributed by atoms with Gasteiger partial charge in [-0.2, -0.15) is 0 Å². The molecule has 0 spiro atoms. The molecule has 0 radical (unpaired) electrons. The number of nitrogens with zero attached hydrogens (tertiary/aromatic N) is 2. The van der Waals surface area contributed by atoms with Gasteiger partial charge in [-0.1, -0.05) is 13.8 Å². The molecule has 1 atom stereocenters. The van der Waals surface area contributed by atoms with Crippen LogP contribution in [0.15, 0.2) is 18.5 Å². The van der Waals surface area contributed by atoms with Crippen LogP contribution in [0, 0.1) is 13.8 Å². The molecule has 1 aromatic carbocycles. The maximum Gasteiger partial charge on any atom is 0.0961 e. The van der Waals surface area contributed by atoms with E-state index in [9.17, 15) is 0 Å². The summed E-state index contributed by atoms with van der Waals surface area (Å²) >= 11 is 0. The van der Waals surface area contributed by atoms with E-state index in [0.717, 1.165) is 25.0 Å². The molecular formula is C16H25N3. The fourth-order valence-electron chi connectivity index (χ4n) is 2.46. The first kappa shape index (κ1) is 14.1. The van der Waals surface area contributed by atoms with Gasteiger partial charge in [0.1, 0.15) is 0 Å². The predicted octanol–water partition coefficient (Wildman–Crippen LogP) is 3.60. The predicted molar refractivity (Wildman–Crippen MR) is 81.7 cm³/mol. The van der Waals surface area contributed by atoms with E-state index in [1.165, 1.54) is 23.1 Å². The molecular weight excluding hydrogens is 234 g/mol. The molecule has 0 fully saturated rings. The van der Waals surface area contributed by atoms with E-state index in [-0.39, 0.29) is 0 Å². The SMILES string of the molecule is CCCNCC(CC)n1cnc2cc(C)c(C)cc21. The number of benzene rings is 1. The minimum absolute atomic E-state index is 0.485. The van der Waals surface area contributed by atoms with Gasteiger partial charge in [0, 0.05) is 12.6 Å². The van der Waals surface area contributed by atoms with Crippen LogP contribution in [0.1, 0.15) is 43.9 Å². The van der Waals surface area contributed by atoms with Gasteiger partial charge in [0.05, 0.1) is 17.4 Å². The van der Waals surface area contributed by atoms with Gasteiger partial charge in [-0.15, -0.1) is 0 Å². The highest BCUT2D eigenvalue weighted by atomic mass is 15.1. The van der Waals surface area contributed by atoms with Crippen LogP contribution in [0.2, 0.25) is 0 Å². The first-order valence-corrected chi connectivity index (χ1v) is 7.31. The Kier molecular flexibility index (Phi) is 4.59. The normalized spacial score (nSPS) is 13.1. The summed E-state index contributed by atoms with van der Waals surface area (Å²) in [6.07, 6.45) is 4.29. The molecule has 1 heterocycles. The number of hydrogen-bond donors (Lipinski definition) is 1. The van der Waals surface area contributed by atoms with Crippen molar-refractivity contribution in [1.29, 1.82) is 0 Å². The van der Waals surface area contributed by atoms with Crippen LogP contribution >= 0.6 is 0 Å². The summed E-state index contributed by atoms with van der Waals surface area (Å²) in [5.41, 5.74) is 5.02. The van der Waals surface area contributed by atoms with Crippen molar-refractivity contribution in [2.75, 3.05) is 13.1 Å². The smallest absolute Gasteiger partial charge is 0.0961 e. The summed E-state index contributed by atoms with van der Waals surface area (Å²) in [7, 11) is 0. The maximum atomic E-state index is 4.55. The second kappa shape index (κ2) is 6.20. The number of imidazole rings is 1. The second-order valence-electron chi connectivity index (χ2n) is 5.34. The topological polar surface area (TPSA) is 29.9 Å². The van der Waals surface area contributed by atoms with E-state index in [2.05, 4.69) is 54.7 Å². The standard InChI is InChI=1S/C16H25N3/c1-5-7-17-10-14(6-2)19-11-18-15-8-12(3)13(4)9-16(15)19/h8-9,11,14,17H,5-7,10H2,1-4H3. The molecule has 1 aromatic heterocycles. The molecule has 1 N–H and O–H groups in total. The third-order valence-corrected chi connectivity index (χ3v) is 3.86. The molecule has 3 heteroatoms. The molecule has 0 aliphatic heterocycles. The van der Waals surface area contributed by atoms with Crippen LogP contribution in [-0.4, -0.2) is 22.6 Å². The maximum absolute atomic E-state index is 4.55.